The van der Waals surface area contributed by atoms with E-state index in [9.17, 15) is 0 Å². The number of anilines is 1. The van der Waals surface area contributed by atoms with Crippen molar-refractivity contribution in [2.45, 2.75) is 6.42 Å². The van der Waals surface area contributed by atoms with Gasteiger partial charge < -0.3 is 19.4 Å². The predicted octanol–water partition coefficient (Wildman–Crippen LogP) is 0.695. The van der Waals surface area contributed by atoms with Crippen LogP contribution in [0.15, 0.2) is 29.1 Å². The van der Waals surface area contributed by atoms with Gasteiger partial charge in [0.25, 0.3) is 0 Å². The fraction of sp³-hybridized carbons (Fsp3) is 0.400. The molecule has 0 unspecified atom stereocenters. The van der Waals surface area contributed by atoms with Crippen LogP contribution in [0.2, 0.25) is 0 Å². The van der Waals surface area contributed by atoms with Gasteiger partial charge in [-0.05, 0) is 25.0 Å². The molecule has 0 saturated carbocycles. The second kappa shape index (κ2) is 7.43. The lowest BCUT2D eigenvalue weighted by atomic mass is 10.4. The smallest absolute Gasteiger partial charge is 0.394 e. The molecule has 22 heavy (non-hydrogen) atoms. The molecular weight excluding hydrogens is 282 g/mol. The van der Waals surface area contributed by atoms with Crippen LogP contribution in [-0.2, 0) is 0 Å². The van der Waals surface area contributed by atoms with Crippen molar-refractivity contribution in [1.29, 1.82) is 0 Å². The SMILES string of the molecule is C(#Cc1nccc(N2CCCNCC2)n1)COc1ncco1. The number of nitrogens with zero attached hydrogens (tertiary/aromatic N) is 4. The summed E-state index contributed by atoms with van der Waals surface area (Å²) < 4.78 is 10.2. The van der Waals surface area contributed by atoms with Gasteiger partial charge in [-0.2, -0.15) is 4.98 Å². The Hall–Kier alpha value is -2.59. The third kappa shape index (κ3) is 3.96. The third-order valence-corrected chi connectivity index (χ3v) is 3.18. The molecular formula is C15H17N5O2. The van der Waals surface area contributed by atoms with Crippen molar-refractivity contribution in [1.82, 2.24) is 20.3 Å². The van der Waals surface area contributed by atoms with Crippen molar-refractivity contribution in [3.05, 3.63) is 30.5 Å². The maximum Gasteiger partial charge on any atom is 0.394 e. The Labute approximate surface area is 128 Å². The van der Waals surface area contributed by atoms with Crippen molar-refractivity contribution in [2.75, 3.05) is 37.7 Å². The number of aromatic nitrogens is 3. The first-order valence-corrected chi connectivity index (χ1v) is 7.22. The van der Waals surface area contributed by atoms with Gasteiger partial charge in [-0.25, -0.2) is 9.97 Å². The standard InChI is InChI=1S/C15H17N5O2/c1(11-21-15-18-8-12-22-15)3-13-17-6-4-14(19-13)20-9-2-5-16-7-10-20/h4,6,8,12,16H,2,5,7,9-11H2. The van der Waals surface area contributed by atoms with E-state index in [1.165, 1.54) is 12.5 Å². The first-order chi connectivity index (χ1) is 10.9. The molecule has 7 heteroatoms. The second-order valence-corrected chi connectivity index (χ2v) is 4.72. The average Bonchev–Trinajstić information content (AvgIpc) is 2.92. The van der Waals surface area contributed by atoms with Crippen molar-refractivity contribution in [3.8, 4) is 17.9 Å². The normalized spacial score (nSPS) is 14.8. The molecule has 1 fully saturated rings. The van der Waals surface area contributed by atoms with Gasteiger partial charge in [0.2, 0.25) is 5.82 Å². The Balaban J connectivity index is 1.61. The second-order valence-electron chi connectivity index (χ2n) is 4.72. The molecule has 114 valence electrons. The number of nitrogens with one attached hydrogen (secondary N) is 1. The molecule has 1 aliphatic heterocycles. The largest absolute Gasteiger partial charge is 0.437 e. The zero-order chi connectivity index (χ0) is 15.0. The van der Waals surface area contributed by atoms with Gasteiger partial charge in [0.05, 0.1) is 6.20 Å². The van der Waals surface area contributed by atoms with E-state index in [1.54, 1.807) is 6.20 Å². The maximum atomic E-state index is 5.21. The van der Waals surface area contributed by atoms with E-state index in [1.807, 2.05) is 6.07 Å². The Kier molecular flexibility index (Phi) is 4.85. The van der Waals surface area contributed by atoms with Gasteiger partial charge in [0, 0.05) is 25.8 Å². The zero-order valence-electron chi connectivity index (χ0n) is 12.2. The molecule has 3 rings (SSSR count). The summed E-state index contributed by atoms with van der Waals surface area (Å²) in [5.74, 6) is 7.15. The number of rotatable bonds is 3. The number of ether oxygens (including phenoxy) is 1. The lowest BCUT2D eigenvalue weighted by Gasteiger charge is -2.20. The van der Waals surface area contributed by atoms with Crippen molar-refractivity contribution in [2.24, 2.45) is 0 Å². The summed E-state index contributed by atoms with van der Waals surface area (Å²) in [6, 6.07) is 1.92. The van der Waals surface area contributed by atoms with E-state index in [2.05, 4.69) is 37.0 Å². The topological polar surface area (TPSA) is 76.3 Å². The van der Waals surface area contributed by atoms with E-state index in [-0.39, 0.29) is 12.7 Å². The Morgan fingerprint density at radius 1 is 1.27 bits per heavy atom. The molecule has 0 atom stereocenters. The summed E-state index contributed by atoms with van der Waals surface area (Å²) in [6.07, 6.45) is 6.02. The summed E-state index contributed by atoms with van der Waals surface area (Å²) in [6.45, 7) is 4.13. The molecule has 0 spiro atoms. The Morgan fingerprint density at radius 3 is 3.18 bits per heavy atom. The molecule has 0 aliphatic carbocycles. The summed E-state index contributed by atoms with van der Waals surface area (Å²) in [7, 11) is 0. The van der Waals surface area contributed by atoms with E-state index >= 15 is 0 Å². The highest BCUT2D eigenvalue weighted by Crippen LogP contribution is 2.11. The Morgan fingerprint density at radius 2 is 2.27 bits per heavy atom. The summed E-state index contributed by atoms with van der Waals surface area (Å²) in [4.78, 5) is 14.8. The van der Waals surface area contributed by atoms with Crippen LogP contribution in [0, 0.1) is 11.8 Å². The fourth-order valence-corrected chi connectivity index (χ4v) is 2.15. The number of hydrogen-bond acceptors (Lipinski definition) is 7. The van der Waals surface area contributed by atoms with Crippen LogP contribution < -0.4 is 15.0 Å². The lowest BCUT2D eigenvalue weighted by molar-refractivity contribution is 0.263. The first-order valence-electron chi connectivity index (χ1n) is 7.22. The molecule has 2 aromatic heterocycles. The average molecular weight is 299 g/mol. The van der Waals surface area contributed by atoms with E-state index < -0.39 is 0 Å². The van der Waals surface area contributed by atoms with Crippen LogP contribution in [0.3, 0.4) is 0 Å². The van der Waals surface area contributed by atoms with Crippen LogP contribution in [-0.4, -0.2) is 47.7 Å². The van der Waals surface area contributed by atoms with Gasteiger partial charge in [0.1, 0.15) is 12.1 Å². The first kappa shape index (κ1) is 14.4. The zero-order valence-corrected chi connectivity index (χ0v) is 12.2. The molecule has 2 aromatic rings. The molecule has 0 bridgehead atoms. The highest BCUT2D eigenvalue weighted by molar-refractivity contribution is 5.40. The van der Waals surface area contributed by atoms with Crippen LogP contribution in [0.1, 0.15) is 12.2 Å². The molecule has 1 saturated heterocycles. The predicted molar refractivity (Wildman–Crippen MR) is 80.6 cm³/mol. The summed E-state index contributed by atoms with van der Waals surface area (Å²) in [5.41, 5.74) is 0. The van der Waals surface area contributed by atoms with Gasteiger partial charge in [-0.3, -0.25) is 0 Å². The van der Waals surface area contributed by atoms with Crippen molar-refractivity contribution in [3.63, 3.8) is 0 Å². The lowest BCUT2D eigenvalue weighted by Crippen LogP contribution is -2.28. The van der Waals surface area contributed by atoms with Crippen LogP contribution >= 0.6 is 0 Å². The number of hydrogen-bond donors (Lipinski definition) is 1. The van der Waals surface area contributed by atoms with Crippen LogP contribution in [0.5, 0.6) is 6.08 Å². The highest BCUT2D eigenvalue weighted by Gasteiger charge is 2.10. The molecule has 0 radical (unpaired) electrons. The van der Waals surface area contributed by atoms with Gasteiger partial charge in [0.15, 0.2) is 6.61 Å². The fourth-order valence-electron chi connectivity index (χ4n) is 2.15. The summed E-state index contributed by atoms with van der Waals surface area (Å²) in [5, 5.41) is 3.37. The minimum absolute atomic E-state index is 0.182. The monoisotopic (exact) mass is 299 g/mol. The minimum atomic E-state index is 0.182. The molecule has 0 amide bonds. The van der Waals surface area contributed by atoms with Crippen molar-refractivity contribution < 1.29 is 9.15 Å². The minimum Gasteiger partial charge on any atom is -0.437 e. The summed E-state index contributed by atoms with van der Waals surface area (Å²) >= 11 is 0. The van der Waals surface area contributed by atoms with E-state index in [0.29, 0.717) is 5.82 Å². The van der Waals surface area contributed by atoms with Crippen LogP contribution in [0.25, 0.3) is 0 Å². The molecule has 1 aliphatic rings. The molecule has 0 aromatic carbocycles. The van der Waals surface area contributed by atoms with Gasteiger partial charge in [-0.1, -0.05) is 5.92 Å². The third-order valence-electron chi connectivity index (χ3n) is 3.18. The van der Waals surface area contributed by atoms with Crippen LogP contribution in [0.4, 0.5) is 5.82 Å². The molecule has 7 nitrogen and oxygen atoms in total. The highest BCUT2D eigenvalue weighted by atomic mass is 16.6. The van der Waals surface area contributed by atoms with E-state index in [0.717, 1.165) is 38.4 Å². The quantitative estimate of drug-likeness (QED) is 0.836. The Bertz CT molecular complexity index is 639. The van der Waals surface area contributed by atoms with Crippen molar-refractivity contribution >= 4 is 5.82 Å². The van der Waals surface area contributed by atoms with Gasteiger partial charge in [-0.15, -0.1) is 0 Å². The number of oxazole rings is 1. The molecule has 3 heterocycles. The van der Waals surface area contributed by atoms with E-state index in [4.69, 9.17) is 9.15 Å². The van der Waals surface area contributed by atoms with Gasteiger partial charge >= 0.3 is 6.08 Å². The molecule has 1 N–H and O–H groups in total. The maximum absolute atomic E-state index is 5.21.